The van der Waals surface area contributed by atoms with Gasteiger partial charge in [0, 0.05) is 6.20 Å². The molecule has 0 aliphatic heterocycles. The minimum Gasteiger partial charge on any atom is -0.467 e. The first-order chi connectivity index (χ1) is 7.34. The molecule has 2 aromatic heterocycles. The lowest BCUT2D eigenvalue weighted by atomic mass is 10.5. The van der Waals surface area contributed by atoms with Crippen LogP contribution in [-0.4, -0.2) is 16.4 Å². The fourth-order valence-corrected chi connectivity index (χ4v) is 1.23. The second kappa shape index (κ2) is 4.65. The highest BCUT2D eigenvalue weighted by Gasteiger charge is 1.97. The summed E-state index contributed by atoms with van der Waals surface area (Å²) in [4.78, 5) is 0. The van der Waals surface area contributed by atoms with Crippen LogP contribution < -0.4 is 5.73 Å². The van der Waals surface area contributed by atoms with Crippen LogP contribution in [0.5, 0.6) is 0 Å². The molecule has 0 spiro atoms. The van der Waals surface area contributed by atoms with Crippen molar-refractivity contribution in [1.82, 2.24) is 9.78 Å². The smallest absolute Gasteiger partial charge is 0.129 e. The van der Waals surface area contributed by atoms with Crippen LogP contribution in [0, 0.1) is 0 Å². The number of anilines is 1. The number of ether oxygens (including phenoxy) is 1. The van der Waals surface area contributed by atoms with Crippen LogP contribution >= 0.6 is 0 Å². The van der Waals surface area contributed by atoms with Gasteiger partial charge in [0.15, 0.2) is 0 Å². The standard InChI is InChI=1S/C10H13N3O2/c11-9-6-12-13(7-9)3-5-14-8-10-2-1-4-15-10/h1-2,4,6-7H,3,5,8,11H2. The highest BCUT2D eigenvalue weighted by atomic mass is 16.5. The number of nitrogens with two attached hydrogens (primary N) is 1. The van der Waals surface area contributed by atoms with Gasteiger partial charge in [-0.05, 0) is 12.1 Å². The van der Waals surface area contributed by atoms with Crippen LogP contribution in [0.15, 0.2) is 35.2 Å². The fourth-order valence-electron chi connectivity index (χ4n) is 1.23. The molecule has 0 aromatic carbocycles. The largest absolute Gasteiger partial charge is 0.467 e. The number of nitrogens with zero attached hydrogens (tertiary/aromatic N) is 2. The molecule has 0 unspecified atom stereocenters. The molecule has 0 fully saturated rings. The molecular formula is C10H13N3O2. The van der Waals surface area contributed by atoms with Gasteiger partial charge in [0.2, 0.25) is 0 Å². The van der Waals surface area contributed by atoms with Crippen molar-refractivity contribution >= 4 is 5.69 Å². The molecule has 2 heterocycles. The van der Waals surface area contributed by atoms with E-state index in [1.165, 1.54) is 0 Å². The van der Waals surface area contributed by atoms with Gasteiger partial charge in [-0.3, -0.25) is 4.68 Å². The third kappa shape index (κ3) is 2.85. The molecule has 0 amide bonds. The molecule has 5 nitrogen and oxygen atoms in total. The lowest BCUT2D eigenvalue weighted by Crippen LogP contribution is -2.06. The molecule has 0 aliphatic rings. The van der Waals surface area contributed by atoms with Crippen LogP contribution in [0.3, 0.4) is 0 Å². The molecule has 5 heteroatoms. The maximum Gasteiger partial charge on any atom is 0.129 e. The number of furan rings is 1. The Morgan fingerprint density at radius 2 is 2.47 bits per heavy atom. The van der Waals surface area contributed by atoms with Gasteiger partial charge < -0.3 is 14.9 Å². The predicted octanol–water partition coefficient (Wildman–Crippen LogP) is 1.28. The number of hydrogen-bond donors (Lipinski definition) is 1. The molecule has 0 saturated heterocycles. The minimum atomic E-state index is 0.490. The molecule has 0 aliphatic carbocycles. The second-order valence-corrected chi connectivity index (χ2v) is 3.17. The van der Waals surface area contributed by atoms with Crippen LogP contribution in [-0.2, 0) is 17.9 Å². The molecule has 15 heavy (non-hydrogen) atoms. The van der Waals surface area contributed by atoms with Gasteiger partial charge in [-0.15, -0.1) is 0 Å². The van der Waals surface area contributed by atoms with E-state index in [1.54, 1.807) is 23.3 Å². The predicted molar refractivity (Wildman–Crippen MR) is 55.0 cm³/mol. The molecule has 2 N–H and O–H groups in total. The summed E-state index contributed by atoms with van der Waals surface area (Å²) < 4.78 is 12.3. The van der Waals surface area contributed by atoms with Crippen molar-refractivity contribution in [3.8, 4) is 0 Å². The first kappa shape index (κ1) is 9.79. The lowest BCUT2D eigenvalue weighted by Gasteiger charge is -2.02. The second-order valence-electron chi connectivity index (χ2n) is 3.17. The van der Waals surface area contributed by atoms with Gasteiger partial charge in [0.25, 0.3) is 0 Å². The maximum atomic E-state index is 5.52. The van der Waals surface area contributed by atoms with Gasteiger partial charge >= 0.3 is 0 Å². The van der Waals surface area contributed by atoms with Crippen molar-refractivity contribution in [2.75, 3.05) is 12.3 Å². The normalized spacial score (nSPS) is 10.7. The summed E-state index contributed by atoms with van der Waals surface area (Å²) in [5.41, 5.74) is 6.19. The number of aromatic nitrogens is 2. The molecule has 0 atom stereocenters. The molecule has 0 bridgehead atoms. The van der Waals surface area contributed by atoms with E-state index in [4.69, 9.17) is 14.9 Å². The summed E-state index contributed by atoms with van der Waals surface area (Å²) in [5.74, 6) is 0.829. The maximum absolute atomic E-state index is 5.52. The average molecular weight is 207 g/mol. The van der Waals surface area contributed by atoms with E-state index < -0.39 is 0 Å². The van der Waals surface area contributed by atoms with E-state index >= 15 is 0 Å². The van der Waals surface area contributed by atoms with E-state index in [1.807, 2.05) is 12.1 Å². The first-order valence-electron chi connectivity index (χ1n) is 4.72. The zero-order chi connectivity index (χ0) is 10.5. The molecule has 2 rings (SSSR count). The molecule has 0 saturated carbocycles. The van der Waals surface area contributed by atoms with Crippen molar-refractivity contribution < 1.29 is 9.15 Å². The highest BCUT2D eigenvalue weighted by Crippen LogP contribution is 2.02. The van der Waals surface area contributed by atoms with Crippen molar-refractivity contribution in [1.29, 1.82) is 0 Å². The zero-order valence-corrected chi connectivity index (χ0v) is 8.30. The van der Waals surface area contributed by atoms with E-state index in [2.05, 4.69) is 5.10 Å². The summed E-state index contributed by atoms with van der Waals surface area (Å²) in [7, 11) is 0. The molecular weight excluding hydrogens is 194 g/mol. The number of nitrogen functional groups attached to an aromatic ring is 1. The fraction of sp³-hybridized carbons (Fsp3) is 0.300. The topological polar surface area (TPSA) is 66.2 Å². The van der Waals surface area contributed by atoms with Crippen molar-refractivity contribution in [3.63, 3.8) is 0 Å². The van der Waals surface area contributed by atoms with E-state index in [-0.39, 0.29) is 0 Å². The van der Waals surface area contributed by atoms with Gasteiger partial charge in [-0.25, -0.2) is 0 Å². The van der Waals surface area contributed by atoms with E-state index in [0.717, 1.165) is 5.76 Å². The Bertz CT molecular complexity index is 394. The van der Waals surface area contributed by atoms with Crippen LogP contribution in [0.1, 0.15) is 5.76 Å². The molecule has 2 aromatic rings. The Morgan fingerprint density at radius 1 is 1.53 bits per heavy atom. The number of hydrogen-bond acceptors (Lipinski definition) is 4. The SMILES string of the molecule is Nc1cnn(CCOCc2ccco2)c1. The van der Waals surface area contributed by atoms with Gasteiger partial charge in [0.05, 0.1) is 31.3 Å². The Hall–Kier alpha value is -1.75. The van der Waals surface area contributed by atoms with Gasteiger partial charge in [-0.1, -0.05) is 0 Å². The summed E-state index contributed by atoms with van der Waals surface area (Å²) in [6, 6.07) is 3.72. The summed E-state index contributed by atoms with van der Waals surface area (Å²) >= 11 is 0. The van der Waals surface area contributed by atoms with Crippen molar-refractivity contribution in [2.45, 2.75) is 13.2 Å². The monoisotopic (exact) mass is 207 g/mol. The Kier molecular flexibility index (Phi) is 3.04. The summed E-state index contributed by atoms with van der Waals surface area (Å²) in [5, 5.41) is 4.04. The molecule has 0 radical (unpaired) electrons. The minimum absolute atomic E-state index is 0.490. The van der Waals surface area contributed by atoms with Gasteiger partial charge in [-0.2, -0.15) is 5.10 Å². The van der Waals surface area contributed by atoms with E-state index in [9.17, 15) is 0 Å². The number of rotatable bonds is 5. The lowest BCUT2D eigenvalue weighted by molar-refractivity contribution is 0.0971. The Balaban J connectivity index is 1.67. The third-order valence-corrected chi connectivity index (χ3v) is 1.94. The van der Waals surface area contributed by atoms with Gasteiger partial charge in [0.1, 0.15) is 12.4 Å². The van der Waals surface area contributed by atoms with Crippen molar-refractivity contribution in [2.24, 2.45) is 0 Å². The quantitative estimate of drug-likeness (QED) is 0.750. The Morgan fingerprint density at radius 3 is 3.13 bits per heavy atom. The zero-order valence-electron chi connectivity index (χ0n) is 8.30. The summed E-state index contributed by atoms with van der Waals surface area (Å²) in [6.45, 7) is 1.77. The summed E-state index contributed by atoms with van der Waals surface area (Å²) in [6.07, 6.45) is 5.02. The van der Waals surface area contributed by atoms with Crippen LogP contribution in [0.25, 0.3) is 0 Å². The first-order valence-corrected chi connectivity index (χ1v) is 4.72. The van der Waals surface area contributed by atoms with Crippen molar-refractivity contribution in [3.05, 3.63) is 36.5 Å². The van der Waals surface area contributed by atoms with Crippen LogP contribution in [0.2, 0.25) is 0 Å². The average Bonchev–Trinajstić information content (AvgIpc) is 2.84. The highest BCUT2D eigenvalue weighted by molar-refractivity contribution is 5.30. The third-order valence-electron chi connectivity index (χ3n) is 1.94. The van der Waals surface area contributed by atoms with E-state index in [0.29, 0.717) is 25.4 Å². The van der Waals surface area contributed by atoms with Crippen LogP contribution in [0.4, 0.5) is 5.69 Å². The Labute approximate surface area is 87.4 Å². The molecule has 80 valence electrons.